The maximum absolute atomic E-state index is 12.1. The van der Waals surface area contributed by atoms with Crippen molar-refractivity contribution >= 4 is 33.4 Å². The summed E-state index contributed by atoms with van der Waals surface area (Å²) in [7, 11) is 0. The molecule has 0 radical (unpaired) electrons. The third-order valence-corrected chi connectivity index (χ3v) is 3.95. The molecule has 1 fully saturated rings. The van der Waals surface area contributed by atoms with E-state index < -0.39 is 0 Å². The van der Waals surface area contributed by atoms with Crippen LogP contribution in [0.2, 0.25) is 0 Å². The summed E-state index contributed by atoms with van der Waals surface area (Å²) in [6.07, 6.45) is 4.42. The molecule has 1 aliphatic rings. The average molecular weight is 304 g/mol. The molecule has 1 saturated heterocycles. The molecule has 1 unspecified atom stereocenters. The minimum absolute atomic E-state index is 0.0471. The van der Waals surface area contributed by atoms with Gasteiger partial charge >= 0.3 is 0 Å². The molecule has 1 aromatic heterocycles. The van der Waals surface area contributed by atoms with Gasteiger partial charge in [-0.15, -0.1) is 5.10 Å². The first kappa shape index (κ1) is 12.0. The van der Waals surface area contributed by atoms with Crippen molar-refractivity contribution in [3.8, 4) is 0 Å². The molecule has 0 spiro atoms. The lowest BCUT2D eigenvalue weighted by molar-refractivity contribution is 0.0724. The first-order valence-electron chi connectivity index (χ1n) is 5.47. The highest BCUT2D eigenvalue weighted by Gasteiger charge is 2.29. The summed E-state index contributed by atoms with van der Waals surface area (Å²) in [5.41, 5.74) is 0.496. The lowest BCUT2D eigenvalue weighted by atomic mass is 10.1. The van der Waals surface area contributed by atoms with Crippen LogP contribution in [0.15, 0.2) is 5.38 Å². The Balaban J connectivity index is 1.99. The Morgan fingerprint density at radius 2 is 2.56 bits per heavy atom. The van der Waals surface area contributed by atoms with E-state index in [1.54, 1.807) is 5.38 Å². The third kappa shape index (κ3) is 2.60. The Labute approximate surface area is 107 Å². The van der Waals surface area contributed by atoms with E-state index in [9.17, 15) is 4.79 Å². The minimum atomic E-state index is 0.0471. The van der Waals surface area contributed by atoms with Gasteiger partial charge in [-0.3, -0.25) is 4.79 Å². The number of hydrogen-bond acceptors (Lipinski definition) is 4. The number of hydrogen-bond donors (Lipinski definition) is 0. The molecule has 0 N–H and O–H groups in total. The van der Waals surface area contributed by atoms with E-state index in [-0.39, 0.29) is 5.91 Å². The van der Waals surface area contributed by atoms with E-state index in [0.29, 0.717) is 11.7 Å². The molecule has 0 bridgehead atoms. The standard InChI is InChI=1S/C10H14BrN3OS/c11-5-1-3-8-4-2-6-14(8)10(15)9-7-16-13-12-9/h7-8H,1-6H2. The molecule has 4 nitrogen and oxygen atoms in total. The number of carbonyl (C=O) groups is 1. The van der Waals surface area contributed by atoms with E-state index in [1.165, 1.54) is 11.5 Å². The van der Waals surface area contributed by atoms with Crippen LogP contribution in [-0.4, -0.2) is 38.3 Å². The highest BCUT2D eigenvalue weighted by molar-refractivity contribution is 9.09. The molecule has 1 atom stereocenters. The summed E-state index contributed by atoms with van der Waals surface area (Å²) in [5, 5.41) is 6.57. The van der Waals surface area contributed by atoms with Crippen molar-refractivity contribution in [2.24, 2.45) is 0 Å². The predicted molar refractivity (Wildman–Crippen MR) is 67.0 cm³/mol. The van der Waals surface area contributed by atoms with Gasteiger partial charge in [-0.2, -0.15) is 0 Å². The zero-order chi connectivity index (χ0) is 11.4. The van der Waals surface area contributed by atoms with Gasteiger partial charge in [0.05, 0.1) is 0 Å². The van der Waals surface area contributed by atoms with Gasteiger partial charge in [0.15, 0.2) is 5.69 Å². The van der Waals surface area contributed by atoms with Crippen LogP contribution in [0.25, 0.3) is 0 Å². The highest BCUT2D eigenvalue weighted by Crippen LogP contribution is 2.23. The van der Waals surface area contributed by atoms with Crippen LogP contribution < -0.4 is 0 Å². The van der Waals surface area contributed by atoms with Crippen molar-refractivity contribution in [3.05, 3.63) is 11.1 Å². The fourth-order valence-corrected chi connectivity index (χ4v) is 2.87. The Kier molecular flexibility index (Phi) is 4.29. The van der Waals surface area contributed by atoms with Gasteiger partial charge in [0, 0.05) is 23.3 Å². The zero-order valence-electron chi connectivity index (χ0n) is 8.93. The second-order valence-electron chi connectivity index (χ2n) is 3.92. The first-order chi connectivity index (χ1) is 7.83. The predicted octanol–water partition coefficient (Wildman–Crippen LogP) is 2.32. The van der Waals surface area contributed by atoms with E-state index in [2.05, 4.69) is 25.5 Å². The zero-order valence-corrected chi connectivity index (χ0v) is 11.3. The Morgan fingerprint density at radius 3 is 3.25 bits per heavy atom. The Bertz CT molecular complexity index is 344. The highest BCUT2D eigenvalue weighted by atomic mass is 79.9. The van der Waals surface area contributed by atoms with E-state index in [1.807, 2.05) is 4.90 Å². The number of alkyl halides is 1. The number of rotatable bonds is 4. The summed E-state index contributed by atoms with van der Waals surface area (Å²) < 4.78 is 3.74. The maximum atomic E-state index is 12.1. The van der Waals surface area contributed by atoms with Crippen molar-refractivity contribution < 1.29 is 4.79 Å². The largest absolute Gasteiger partial charge is 0.334 e. The molecular weight excluding hydrogens is 290 g/mol. The van der Waals surface area contributed by atoms with Crippen molar-refractivity contribution in [2.75, 3.05) is 11.9 Å². The number of carbonyl (C=O) groups excluding carboxylic acids is 1. The van der Waals surface area contributed by atoms with E-state index >= 15 is 0 Å². The van der Waals surface area contributed by atoms with Crippen LogP contribution in [-0.2, 0) is 0 Å². The first-order valence-corrected chi connectivity index (χ1v) is 7.42. The topological polar surface area (TPSA) is 46.1 Å². The molecule has 2 heterocycles. The van der Waals surface area contributed by atoms with Gasteiger partial charge < -0.3 is 4.90 Å². The molecule has 1 aliphatic heterocycles. The number of nitrogens with zero attached hydrogens (tertiary/aromatic N) is 3. The van der Waals surface area contributed by atoms with E-state index in [0.717, 1.165) is 37.6 Å². The van der Waals surface area contributed by atoms with Gasteiger partial charge in [-0.25, -0.2) is 0 Å². The number of likely N-dealkylation sites (tertiary alicyclic amines) is 1. The maximum Gasteiger partial charge on any atom is 0.275 e. The normalized spacial score (nSPS) is 20.3. The average Bonchev–Trinajstić information content (AvgIpc) is 2.96. The fourth-order valence-electron chi connectivity index (χ4n) is 2.12. The summed E-state index contributed by atoms with van der Waals surface area (Å²) in [5.74, 6) is 0.0471. The van der Waals surface area contributed by atoms with Crippen LogP contribution >= 0.6 is 27.5 Å². The van der Waals surface area contributed by atoms with Crippen molar-refractivity contribution in [3.63, 3.8) is 0 Å². The molecule has 88 valence electrons. The molecule has 1 amide bonds. The van der Waals surface area contributed by atoms with Crippen LogP contribution in [0.1, 0.15) is 36.2 Å². The SMILES string of the molecule is O=C(c1csnn1)N1CCCC1CCCBr. The van der Waals surface area contributed by atoms with Crippen LogP contribution in [0.5, 0.6) is 0 Å². The molecule has 0 aromatic carbocycles. The molecule has 0 aliphatic carbocycles. The Morgan fingerprint density at radius 1 is 1.69 bits per heavy atom. The quantitative estimate of drug-likeness (QED) is 0.802. The smallest absolute Gasteiger partial charge is 0.275 e. The van der Waals surface area contributed by atoms with Crippen molar-refractivity contribution in [1.82, 2.24) is 14.5 Å². The summed E-state index contributed by atoms with van der Waals surface area (Å²) in [4.78, 5) is 14.1. The number of halogens is 1. The Hall–Kier alpha value is -0.490. The number of amides is 1. The summed E-state index contributed by atoms with van der Waals surface area (Å²) in [6, 6.07) is 0.395. The fraction of sp³-hybridized carbons (Fsp3) is 0.700. The van der Waals surface area contributed by atoms with Gasteiger partial charge in [0.2, 0.25) is 0 Å². The van der Waals surface area contributed by atoms with Crippen molar-refractivity contribution in [2.45, 2.75) is 31.7 Å². The second-order valence-corrected chi connectivity index (χ2v) is 5.32. The van der Waals surface area contributed by atoms with Gasteiger partial charge in [-0.1, -0.05) is 20.4 Å². The van der Waals surface area contributed by atoms with Crippen LogP contribution in [0.3, 0.4) is 0 Å². The van der Waals surface area contributed by atoms with Gasteiger partial charge in [-0.05, 0) is 37.2 Å². The summed E-state index contributed by atoms with van der Waals surface area (Å²) >= 11 is 4.66. The monoisotopic (exact) mass is 303 g/mol. The molecule has 16 heavy (non-hydrogen) atoms. The number of aromatic nitrogens is 2. The molecule has 1 aromatic rings. The van der Waals surface area contributed by atoms with Crippen LogP contribution in [0, 0.1) is 0 Å². The van der Waals surface area contributed by atoms with Crippen LogP contribution in [0.4, 0.5) is 0 Å². The van der Waals surface area contributed by atoms with Gasteiger partial charge in [0.1, 0.15) is 0 Å². The summed E-state index contributed by atoms with van der Waals surface area (Å²) in [6.45, 7) is 0.864. The molecule has 0 saturated carbocycles. The lowest BCUT2D eigenvalue weighted by Gasteiger charge is -2.23. The second kappa shape index (κ2) is 5.72. The van der Waals surface area contributed by atoms with Crippen molar-refractivity contribution in [1.29, 1.82) is 0 Å². The molecule has 6 heteroatoms. The molecule has 2 rings (SSSR count). The third-order valence-electron chi connectivity index (χ3n) is 2.89. The lowest BCUT2D eigenvalue weighted by Crippen LogP contribution is -2.35. The minimum Gasteiger partial charge on any atom is -0.334 e. The van der Waals surface area contributed by atoms with Gasteiger partial charge in [0.25, 0.3) is 5.91 Å². The molecular formula is C10H14BrN3OS. The van der Waals surface area contributed by atoms with E-state index in [4.69, 9.17) is 0 Å².